The lowest BCUT2D eigenvalue weighted by Gasteiger charge is -2.20. The number of carbonyl (C=O) groups excluding carboxylic acids is 1. The average Bonchev–Trinajstić information content (AvgIpc) is 2.67. The summed E-state index contributed by atoms with van der Waals surface area (Å²) < 4.78 is 32.4. The van der Waals surface area contributed by atoms with E-state index in [1.807, 2.05) is 13.0 Å². The van der Waals surface area contributed by atoms with Crippen molar-refractivity contribution in [2.24, 2.45) is 0 Å². The molecule has 0 N–H and O–H groups in total. The fourth-order valence-electron chi connectivity index (χ4n) is 2.60. The van der Waals surface area contributed by atoms with Gasteiger partial charge >= 0.3 is 5.97 Å². The molecule has 0 saturated carbocycles. The molecule has 0 aliphatic carbocycles. The van der Waals surface area contributed by atoms with Crippen LogP contribution in [-0.4, -0.2) is 21.4 Å². The number of esters is 1. The van der Waals surface area contributed by atoms with E-state index in [2.05, 4.69) is 0 Å². The second-order valence-electron chi connectivity index (χ2n) is 6.19. The van der Waals surface area contributed by atoms with Gasteiger partial charge in [0.05, 0.1) is 16.1 Å². The van der Waals surface area contributed by atoms with Crippen LogP contribution in [0.15, 0.2) is 77.7 Å². The first kappa shape index (κ1) is 19.9. The highest BCUT2D eigenvalue weighted by atomic mass is 35.5. The molecule has 5 nitrogen and oxygen atoms in total. The van der Waals surface area contributed by atoms with E-state index in [1.54, 1.807) is 42.5 Å². The standard InChI is InChI=1S/C21H18ClNO4S/c1-15-6-3-10-19(12-15)27-21(24)16-7-4-11-20(13-16)28(25,26)23(2)18-9-5-8-17(22)14-18/h3-14H,1-2H3. The number of sulfonamides is 1. The summed E-state index contributed by atoms with van der Waals surface area (Å²) in [7, 11) is -2.45. The Morgan fingerprint density at radius 2 is 1.68 bits per heavy atom. The van der Waals surface area contributed by atoms with Gasteiger partial charge in [-0.05, 0) is 61.0 Å². The van der Waals surface area contributed by atoms with Crippen LogP contribution >= 0.6 is 11.6 Å². The van der Waals surface area contributed by atoms with Crippen LogP contribution in [0.4, 0.5) is 5.69 Å². The molecular formula is C21H18ClNO4S. The van der Waals surface area contributed by atoms with Crippen molar-refractivity contribution in [3.05, 3.63) is 88.9 Å². The fraction of sp³-hybridized carbons (Fsp3) is 0.0952. The molecule has 0 fully saturated rings. The van der Waals surface area contributed by atoms with Gasteiger partial charge in [-0.25, -0.2) is 13.2 Å². The molecule has 0 aromatic heterocycles. The number of anilines is 1. The minimum atomic E-state index is -3.88. The molecule has 3 rings (SSSR count). The van der Waals surface area contributed by atoms with Gasteiger partial charge in [0.15, 0.2) is 0 Å². The zero-order valence-electron chi connectivity index (χ0n) is 15.3. The summed E-state index contributed by atoms with van der Waals surface area (Å²) in [4.78, 5) is 12.4. The molecule has 3 aromatic rings. The fourth-order valence-corrected chi connectivity index (χ4v) is 4.02. The predicted octanol–water partition coefficient (Wildman–Crippen LogP) is 4.69. The summed E-state index contributed by atoms with van der Waals surface area (Å²) in [6.07, 6.45) is 0. The number of carbonyl (C=O) groups is 1. The zero-order chi connectivity index (χ0) is 20.3. The molecule has 0 amide bonds. The molecule has 0 aliphatic heterocycles. The number of hydrogen-bond donors (Lipinski definition) is 0. The maximum Gasteiger partial charge on any atom is 0.343 e. The molecule has 0 spiro atoms. The van der Waals surface area contributed by atoms with Crippen LogP contribution in [0.5, 0.6) is 5.75 Å². The van der Waals surface area contributed by atoms with Crippen molar-refractivity contribution in [3.63, 3.8) is 0 Å². The summed E-state index contributed by atoms with van der Waals surface area (Å²) >= 11 is 5.96. The molecule has 0 atom stereocenters. The van der Waals surface area contributed by atoms with E-state index in [0.29, 0.717) is 16.5 Å². The van der Waals surface area contributed by atoms with E-state index in [4.69, 9.17) is 16.3 Å². The van der Waals surface area contributed by atoms with E-state index in [1.165, 1.54) is 31.3 Å². The van der Waals surface area contributed by atoms with Gasteiger partial charge in [0.2, 0.25) is 0 Å². The van der Waals surface area contributed by atoms with E-state index >= 15 is 0 Å². The molecule has 0 unspecified atom stereocenters. The first-order valence-electron chi connectivity index (χ1n) is 8.41. The Morgan fingerprint density at radius 1 is 0.964 bits per heavy atom. The quantitative estimate of drug-likeness (QED) is 0.448. The maximum absolute atomic E-state index is 13.0. The Balaban J connectivity index is 1.88. The molecule has 0 radical (unpaired) electrons. The number of benzene rings is 3. The topological polar surface area (TPSA) is 63.7 Å². The van der Waals surface area contributed by atoms with E-state index in [0.717, 1.165) is 9.87 Å². The molecule has 0 heterocycles. The molecular weight excluding hydrogens is 398 g/mol. The molecule has 144 valence electrons. The van der Waals surface area contributed by atoms with Crippen LogP contribution in [-0.2, 0) is 10.0 Å². The second-order valence-corrected chi connectivity index (χ2v) is 8.59. The molecule has 7 heteroatoms. The lowest BCUT2D eigenvalue weighted by atomic mass is 10.2. The number of ether oxygens (including phenoxy) is 1. The minimum Gasteiger partial charge on any atom is -0.423 e. The minimum absolute atomic E-state index is 0.0198. The van der Waals surface area contributed by atoms with Crippen LogP contribution < -0.4 is 9.04 Å². The number of hydrogen-bond acceptors (Lipinski definition) is 4. The van der Waals surface area contributed by atoms with Gasteiger partial charge in [0.1, 0.15) is 5.75 Å². The van der Waals surface area contributed by atoms with Crippen LogP contribution in [0.3, 0.4) is 0 Å². The van der Waals surface area contributed by atoms with Gasteiger partial charge < -0.3 is 4.74 Å². The number of halogens is 1. The van der Waals surface area contributed by atoms with Crippen LogP contribution in [0.1, 0.15) is 15.9 Å². The summed E-state index contributed by atoms with van der Waals surface area (Å²) in [5.41, 5.74) is 1.51. The highest BCUT2D eigenvalue weighted by molar-refractivity contribution is 7.92. The average molecular weight is 416 g/mol. The smallest absolute Gasteiger partial charge is 0.343 e. The van der Waals surface area contributed by atoms with Crippen LogP contribution in [0.25, 0.3) is 0 Å². The summed E-state index contributed by atoms with van der Waals surface area (Å²) in [6.45, 7) is 1.89. The number of aryl methyl sites for hydroxylation is 1. The summed E-state index contributed by atoms with van der Waals surface area (Å²) in [5.74, 6) is -0.234. The van der Waals surface area contributed by atoms with Gasteiger partial charge in [0, 0.05) is 12.1 Å². The SMILES string of the molecule is Cc1cccc(OC(=O)c2cccc(S(=O)(=O)N(C)c3cccc(Cl)c3)c2)c1. The second kappa shape index (κ2) is 8.04. The Kier molecular flexibility index (Phi) is 5.72. The van der Waals surface area contributed by atoms with Gasteiger partial charge in [-0.1, -0.05) is 35.9 Å². The highest BCUT2D eigenvalue weighted by Crippen LogP contribution is 2.25. The lowest BCUT2D eigenvalue weighted by molar-refractivity contribution is 0.0734. The number of rotatable bonds is 5. The Hall–Kier alpha value is -2.83. The largest absolute Gasteiger partial charge is 0.423 e. The Bertz CT molecular complexity index is 1130. The van der Waals surface area contributed by atoms with E-state index in [-0.39, 0.29) is 10.5 Å². The van der Waals surface area contributed by atoms with Gasteiger partial charge in [-0.3, -0.25) is 4.31 Å². The molecule has 0 saturated heterocycles. The highest BCUT2D eigenvalue weighted by Gasteiger charge is 2.23. The van der Waals surface area contributed by atoms with Crippen LogP contribution in [0.2, 0.25) is 5.02 Å². The first-order chi connectivity index (χ1) is 13.3. The van der Waals surface area contributed by atoms with Crippen molar-refractivity contribution in [2.75, 3.05) is 11.4 Å². The third kappa shape index (κ3) is 4.35. The number of nitrogens with zero attached hydrogens (tertiary/aromatic N) is 1. The van der Waals surface area contributed by atoms with Gasteiger partial charge in [0.25, 0.3) is 10.0 Å². The van der Waals surface area contributed by atoms with Crippen molar-refractivity contribution in [1.29, 1.82) is 0 Å². The van der Waals surface area contributed by atoms with Crippen molar-refractivity contribution in [2.45, 2.75) is 11.8 Å². The first-order valence-corrected chi connectivity index (χ1v) is 10.2. The summed E-state index contributed by atoms with van der Waals surface area (Å²) in [6, 6.07) is 19.3. The third-order valence-corrected chi connectivity index (χ3v) is 6.12. The molecule has 28 heavy (non-hydrogen) atoms. The van der Waals surface area contributed by atoms with Crippen LogP contribution in [0, 0.1) is 6.92 Å². The van der Waals surface area contributed by atoms with Crippen molar-refractivity contribution in [3.8, 4) is 5.75 Å². The Labute approximate surface area is 169 Å². The zero-order valence-corrected chi connectivity index (χ0v) is 16.9. The van der Waals surface area contributed by atoms with E-state index < -0.39 is 16.0 Å². The molecule has 3 aromatic carbocycles. The monoisotopic (exact) mass is 415 g/mol. The molecule has 0 bridgehead atoms. The van der Waals surface area contributed by atoms with Gasteiger partial charge in [-0.15, -0.1) is 0 Å². The van der Waals surface area contributed by atoms with Crippen molar-refractivity contribution >= 4 is 33.3 Å². The predicted molar refractivity (Wildman–Crippen MR) is 110 cm³/mol. The third-order valence-electron chi connectivity index (χ3n) is 4.10. The normalized spacial score (nSPS) is 11.1. The van der Waals surface area contributed by atoms with Gasteiger partial charge in [-0.2, -0.15) is 0 Å². The van der Waals surface area contributed by atoms with Crippen molar-refractivity contribution in [1.82, 2.24) is 0 Å². The Morgan fingerprint density at radius 3 is 2.39 bits per heavy atom. The molecule has 0 aliphatic rings. The maximum atomic E-state index is 13.0. The van der Waals surface area contributed by atoms with Crippen molar-refractivity contribution < 1.29 is 17.9 Å². The van der Waals surface area contributed by atoms with E-state index in [9.17, 15) is 13.2 Å². The summed E-state index contributed by atoms with van der Waals surface area (Å²) in [5, 5.41) is 0.426. The lowest BCUT2D eigenvalue weighted by Crippen LogP contribution is -2.26.